The van der Waals surface area contributed by atoms with Crippen molar-refractivity contribution in [2.24, 2.45) is 5.92 Å². The number of ether oxygens (including phenoxy) is 1. The van der Waals surface area contributed by atoms with Crippen LogP contribution in [0.3, 0.4) is 0 Å². The van der Waals surface area contributed by atoms with Crippen LogP contribution < -0.4 is 5.32 Å². The molecule has 4 unspecified atom stereocenters. The minimum atomic E-state index is 0.414. The lowest BCUT2D eigenvalue weighted by molar-refractivity contribution is 0.0717. The second kappa shape index (κ2) is 6.17. The molecule has 0 amide bonds. The van der Waals surface area contributed by atoms with Gasteiger partial charge in [0.2, 0.25) is 0 Å². The first kappa shape index (κ1) is 13.3. The Morgan fingerprint density at radius 1 is 1.24 bits per heavy atom. The van der Waals surface area contributed by atoms with Crippen LogP contribution >= 0.6 is 0 Å². The smallest absolute Gasteiger partial charge is 0.0702 e. The maximum absolute atomic E-state index is 5.67. The van der Waals surface area contributed by atoms with Crippen molar-refractivity contribution < 1.29 is 4.74 Å². The highest BCUT2D eigenvalue weighted by molar-refractivity contribution is 4.86. The molecule has 1 heterocycles. The van der Waals surface area contributed by atoms with Gasteiger partial charge in [-0.1, -0.05) is 12.8 Å². The molecule has 0 spiro atoms. The maximum Gasteiger partial charge on any atom is 0.0702 e. The van der Waals surface area contributed by atoms with Gasteiger partial charge in [-0.2, -0.15) is 0 Å². The van der Waals surface area contributed by atoms with Gasteiger partial charge in [0.15, 0.2) is 0 Å². The van der Waals surface area contributed by atoms with Crippen molar-refractivity contribution >= 4 is 0 Å². The molecule has 17 heavy (non-hydrogen) atoms. The van der Waals surface area contributed by atoms with E-state index in [1.165, 1.54) is 38.6 Å². The van der Waals surface area contributed by atoms with E-state index in [1.807, 2.05) is 0 Å². The molecule has 0 aromatic rings. The molecule has 0 aromatic heterocycles. The average molecular weight is 240 g/mol. The highest BCUT2D eigenvalue weighted by Gasteiger charge is 2.31. The first-order chi connectivity index (χ1) is 8.22. The van der Waals surface area contributed by atoms with Crippen molar-refractivity contribution in [3.63, 3.8) is 0 Å². The van der Waals surface area contributed by atoms with E-state index in [9.17, 15) is 0 Å². The van der Waals surface area contributed by atoms with Gasteiger partial charge < -0.3 is 15.0 Å². The molecule has 1 aliphatic carbocycles. The van der Waals surface area contributed by atoms with E-state index < -0.39 is 0 Å². The maximum atomic E-state index is 5.67. The van der Waals surface area contributed by atoms with Gasteiger partial charge in [0.25, 0.3) is 0 Å². The van der Waals surface area contributed by atoms with Crippen molar-refractivity contribution in [3.05, 3.63) is 0 Å². The molecule has 2 fully saturated rings. The van der Waals surface area contributed by atoms with E-state index in [-0.39, 0.29) is 0 Å². The predicted molar refractivity (Wildman–Crippen MR) is 71.3 cm³/mol. The molecule has 3 heteroatoms. The molecule has 3 nitrogen and oxygen atoms in total. The van der Waals surface area contributed by atoms with Crippen LogP contribution in [0, 0.1) is 5.92 Å². The van der Waals surface area contributed by atoms with Crippen LogP contribution in [0.4, 0.5) is 0 Å². The fourth-order valence-electron chi connectivity index (χ4n) is 3.61. The third-order valence-electron chi connectivity index (χ3n) is 4.70. The van der Waals surface area contributed by atoms with Gasteiger partial charge in [-0.25, -0.2) is 0 Å². The predicted octanol–water partition coefficient (Wildman–Crippen LogP) is 1.87. The summed E-state index contributed by atoms with van der Waals surface area (Å²) in [5.74, 6) is 0.826. The standard InChI is InChI=1S/C14H28N2O/c1-11-14(8-9-17-11)16(3)10-12-6-4-5-7-13(12)15-2/h11-15H,4-10H2,1-3H3. The number of nitrogens with zero attached hydrogens (tertiary/aromatic N) is 1. The van der Waals surface area contributed by atoms with Crippen molar-refractivity contribution in [3.8, 4) is 0 Å². The van der Waals surface area contributed by atoms with Gasteiger partial charge in [-0.3, -0.25) is 0 Å². The first-order valence-electron chi connectivity index (χ1n) is 7.21. The zero-order valence-corrected chi connectivity index (χ0v) is 11.6. The molecule has 1 saturated heterocycles. The lowest BCUT2D eigenvalue weighted by atomic mass is 9.84. The normalized spacial score (nSPS) is 38.8. The van der Waals surface area contributed by atoms with E-state index in [2.05, 4.69) is 31.2 Å². The van der Waals surface area contributed by atoms with Crippen LogP contribution in [0.1, 0.15) is 39.0 Å². The Morgan fingerprint density at radius 3 is 2.65 bits per heavy atom. The van der Waals surface area contributed by atoms with Crippen LogP contribution in [0.15, 0.2) is 0 Å². The summed E-state index contributed by atoms with van der Waals surface area (Å²) in [5, 5.41) is 3.50. The first-order valence-corrected chi connectivity index (χ1v) is 7.21. The number of nitrogens with one attached hydrogen (secondary N) is 1. The zero-order valence-electron chi connectivity index (χ0n) is 11.6. The topological polar surface area (TPSA) is 24.5 Å². The van der Waals surface area contributed by atoms with E-state index >= 15 is 0 Å². The summed E-state index contributed by atoms with van der Waals surface area (Å²) in [5.41, 5.74) is 0. The summed E-state index contributed by atoms with van der Waals surface area (Å²) in [6, 6.07) is 1.36. The second-order valence-corrected chi connectivity index (χ2v) is 5.81. The van der Waals surface area contributed by atoms with Crippen LogP contribution in [-0.4, -0.2) is 50.3 Å². The zero-order chi connectivity index (χ0) is 12.3. The van der Waals surface area contributed by atoms with Gasteiger partial charge in [0.05, 0.1) is 6.10 Å². The Hall–Kier alpha value is -0.120. The Balaban J connectivity index is 1.85. The molecule has 2 aliphatic rings. The minimum Gasteiger partial charge on any atom is -0.377 e. The van der Waals surface area contributed by atoms with Crippen LogP contribution in [0.5, 0.6) is 0 Å². The molecular formula is C14H28N2O. The molecule has 1 aliphatic heterocycles. The van der Waals surface area contributed by atoms with Crippen LogP contribution in [0.25, 0.3) is 0 Å². The summed E-state index contributed by atoms with van der Waals surface area (Å²) < 4.78 is 5.67. The summed E-state index contributed by atoms with van der Waals surface area (Å²) in [6.45, 7) is 4.38. The molecule has 1 N–H and O–H groups in total. The molecule has 0 bridgehead atoms. The van der Waals surface area contributed by atoms with E-state index in [0.29, 0.717) is 12.1 Å². The number of rotatable bonds is 4. The van der Waals surface area contributed by atoms with Crippen molar-refractivity contribution in [2.75, 3.05) is 27.2 Å². The molecular weight excluding hydrogens is 212 g/mol. The fourth-order valence-corrected chi connectivity index (χ4v) is 3.61. The summed E-state index contributed by atoms with van der Waals surface area (Å²) >= 11 is 0. The van der Waals surface area contributed by atoms with E-state index in [4.69, 9.17) is 4.74 Å². The molecule has 4 atom stereocenters. The lowest BCUT2D eigenvalue weighted by Crippen LogP contribution is -2.46. The van der Waals surface area contributed by atoms with Gasteiger partial charge in [0.1, 0.15) is 0 Å². The van der Waals surface area contributed by atoms with Crippen LogP contribution in [-0.2, 0) is 4.74 Å². The third kappa shape index (κ3) is 3.21. The number of likely N-dealkylation sites (N-methyl/N-ethyl adjacent to an activating group) is 1. The SMILES string of the molecule is CNC1CCCCC1CN(C)C1CCOC1C. The van der Waals surface area contributed by atoms with E-state index in [0.717, 1.165) is 18.6 Å². The van der Waals surface area contributed by atoms with E-state index in [1.54, 1.807) is 0 Å². The number of hydrogen-bond donors (Lipinski definition) is 1. The Labute approximate surface area is 106 Å². The Bertz CT molecular complexity index is 234. The minimum absolute atomic E-state index is 0.414. The van der Waals surface area contributed by atoms with Gasteiger partial charge >= 0.3 is 0 Å². The molecule has 0 aromatic carbocycles. The summed E-state index contributed by atoms with van der Waals surface area (Å²) in [4.78, 5) is 2.54. The number of hydrogen-bond acceptors (Lipinski definition) is 3. The van der Waals surface area contributed by atoms with Crippen molar-refractivity contribution in [2.45, 2.75) is 57.2 Å². The van der Waals surface area contributed by atoms with Gasteiger partial charge in [-0.15, -0.1) is 0 Å². The largest absolute Gasteiger partial charge is 0.377 e. The van der Waals surface area contributed by atoms with Gasteiger partial charge in [0, 0.05) is 25.2 Å². The second-order valence-electron chi connectivity index (χ2n) is 5.81. The van der Waals surface area contributed by atoms with Crippen molar-refractivity contribution in [1.82, 2.24) is 10.2 Å². The third-order valence-corrected chi connectivity index (χ3v) is 4.70. The highest BCUT2D eigenvalue weighted by atomic mass is 16.5. The summed E-state index contributed by atoms with van der Waals surface area (Å²) in [7, 11) is 4.39. The van der Waals surface area contributed by atoms with Crippen LogP contribution in [0.2, 0.25) is 0 Å². The van der Waals surface area contributed by atoms with Gasteiger partial charge in [-0.05, 0) is 46.2 Å². The molecule has 100 valence electrons. The quantitative estimate of drug-likeness (QED) is 0.812. The summed E-state index contributed by atoms with van der Waals surface area (Å²) in [6.07, 6.45) is 7.16. The molecule has 2 rings (SSSR count). The molecule has 0 radical (unpaired) electrons. The fraction of sp³-hybridized carbons (Fsp3) is 1.00. The molecule has 1 saturated carbocycles. The average Bonchev–Trinajstić information content (AvgIpc) is 2.76. The Morgan fingerprint density at radius 2 is 2.00 bits per heavy atom. The van der Waals surface area contributed by atoms with Crippen molar-refractivity contribution in [1.29, 1.82) is 0 Å². The lowest BCUT2D eigenvalue weighted by Gasteiger charge is -2.36. The monoisotopic (exact) mass is 240 g/mol. The Kier molecular flexibility index (Phi) is 4.83. The highest BCUT2D eigenvalue weighted by Crippen LogP contribution is 2.27.